The van der Waals surface area contributed by atoms with Crippen molar-refractivity contribution in [1.29, 1.82) is 0 Å². The van der Waals surface area contributed by atoms with Crippen LogP contribution in [-0.2, 0) is 13.1 Å². The quantitative estimate of drug-likeness (QED) is 0.606. The van der Waals surface area contributed by atoms with Crippen LogP contribution in [0.25, 0.3) is 0 Å². The number of aryl methyl sites for hydroxylation is 2. The Labute approximate surface area is 169 Å². The maximum atomic E-state index is 5.92. The molecule has 2 heterocycles. The lowest BCUT2D eigenvalue weighted by Crippen LogP contribution is -2.31. The molecule has 0 saturated carbocycles. The summed E-state index contributed by atoms with van der Waals surface area (Å²) >= 11 is 11.4. The molecule has 1 atom stereocenters. The number of rotatable bonds is 6. The highest BCUT2D eigenvalue weighted by Gasteiger charge is 2.13. The zero-order valence-corrected chi connectivity index (χ0v) is 17.2. The van der Waals surface area contributed by atoms with E-state index in [1.54, 1.807) is 0 Å². The zero-order valence-electron chi connectivity index (χ0n) is 15.6. The summed E-state index contributed by atoms with van der Waals surface area (Å²) in [6.07, 6.45) is 3.97. The monoisotopic (exact) mass is 402 g/mol. The van der Waals surface area contributed by atoms with E-state index in [2.05, 4.69) is 40.9 Å². The summed E-state index contributed by atoms with van der Waals surface area (Å²) < 4.78 is 3.78. The molecule has 8 heteroatoms. The Bertz CT molecular complexity index is 915. The highest BCUT2D eigenvalue weighted by atomic mass is 35.5. The van der Waals surface area contributed by atoms with Crippen molar-refractivity contribution < 1.29 is 0 Å². The maximum absolute atomic E-state index is 5.92. The van der Waals surface area contributed by atoms with Gasteiger partial charge in [0.15, 0.2) is 10.9 Å². The van der Waals surface area contributed by atoms with Crippen molar-refractivity contribution in [3.8, 4) is 0 Å². The summed E-state index contributed by atoms with van der Waals surface area (Å²) in [6.45, 7) is 7.67. The van der Waals surface area contributed by atoms with Crippen LogP contribution in [0.4, 0.5) is 5.82 Å². The first-order chi connectivity index (χ1) is 12.9. The molecule has 142 valence electrons. The van der Waals surface area contributed by atoms with Gasteiger partial charge in [0.05, 0.1) is 18.3 Å². The fraction of sp³-hybridized carbons (Fsp3) is 0.316. The molecule has 3 aromatic rings. The second-order valence-corrected chi connectivity index (χ2v) is 7.22. The summed E-state index contributed by atoms with van der Waals surface area (Å²) in [5.41, 5.74) is 3.27. The van der Waals surface area contributed by atoms with Gasteiger partial charge in [0.1, 0.15) is 0 Å². The number of halogens is 1. The third-order valence-electron chi connectivity index (χ3n) is 4.26. The number of benzene rings is 1. The van der Waals surface area contributed by atoms with E-state index in [0.29, 0.717) is 17.5 Å². The molecule has 0 radical (unpaired) electrons. The molecule has 0 aliphatic rings. The molecule has 0 amide bonds. The summed E-state index contributed by atoms with van der Waals surface area (Å²) in [7, 11) is 0. The molecule has 0 spiro atoms. The van der Waals surface area contributed by atoms with Crippen LogP contribution in [0.15, 0.2) is 42.7 Å². The largest absolute Gasteiger partial charge is 0.356 e. The highest BCUT2D eigenvalue weighted by molar-refractivity contribution is 7.80. The molecule has 27 heavy (non-hydrogen) atoms. The van der Waals surface area contributed by atoms with Crippen LogP contribution in [0.5, 0.6) is 0 Å². The van der Waals surface area contributed by atoms with Crippen molar-refractivity contribution in [1.82, 2.24) is 24.9 Å². The van der Waals surface area contributed by atoms with Gasteiger partial charge in [-0.2, -0.15) is 10.2 Å². The first kappa shape index (κ1) is 19.4. The molecule has 6 nitrogen and oxygen atoms in total. The van der Waals surface area contributed by atoms with Crippen molar-refractivity contribution in [2.45, 2.75) is 39.9 Å². The molecule has 3 rings (SSSR count). The van der Waals surface area contributed by atoms with Gasteiger partial charge in [-0.05, 0) is 50.7 Å². The van der Waals surface area contributed by atoms with Crippen molar-refractivity contribution in [2.24, 2.45) is 0 Å². The van der Waals surface area contributed by atoms with E-state index in [-0.39, 0.29) is 6.04 Å². The SMILES string of the molecule is CCn1cc(C(C)NC(=S)Nc2ccn(Cc3ccc(Cl)cc3)n2)c(C)n1. The molecule has 0 bridgehead atoms. The average Bonchev–Trinajstić information content (AvgIpc) is 3.23. The van der Waals surface area contributed by atoms with Gasteiger partial charge in [-0.25, -0.2) is 0 Å². The summed E-state index contributed by atoms with van der Waals surface area (Å²) in [5, 5.41) is 16.7. The van der Waals surface area contributed by atoms with Crippen molar-refractivity contribution in [3.05, 3.63) is 64.6 Å². The number of aromatic nitrogens is 4. The number of anilines is 1. The van der Waals surface area contributed by atoms with Gasteiger partial charge < -0.3 is 10.6 Å². The van der Waals surface area contributed by atoms with E-state index >= 15 is 0 Å². The van der Waals surface area contributed by atoms with Gasteiger partial charge in [-0.15, -0.1) is 0 Å². The van der Waals surface area contributed by atoms with Crippen LogP contribution < -0.4 is 10.6 Å². The Morgan fingerprint density at radius 3 is 2.59 bits per heavy atom. The van der Waals surface area contributed by atoms with E-state index in [1.807, 2.05) is 52.8 Å². The van der Waals surface area contributed by atoms with Gasteiger partial charge >= 0.3 is 0 Å². The van der Waals surface area contributed by atoms with Crippen LogP contribution >= 0.6 is 23.8 Å². The predicted octanol–water partition coefficient (Wildman–Crippen LogP) is 4.16. The average molecular weight is 403 g/mol. The Kier molecular flexibility index (Phi) is 6.13. The second kappa shape index (κ2) is 8.54. The fourth-order valence-electron chi connectivity index (χ4n) is 2.84. The second-order valence-electron chi connectivity index (χ2n) is 6.37. The molecular weight excluding hydrogens is 380 g/mol. The first-order valence-corrected chi connectivity index (χ1v) is 9.62. The number of hydrogen-bond donors (Lipinski definition) is 2. The topological polar surface area (TPSA) is 59.7 Å². The molecule has 2 aromatic heterocycles. The minimum atomic E-state index is 0.0569. The van der Waals surface area contributed by atoms with E-state index in [4.69, 9.17) is 23.8 Å². The summed E-state index contributed by atoms with van der Waals surface area (Å²) in [6, 6.07) is 9.69. The van der Waals surface area contributed by atoms with E-state index in [0.717, 1.165) is 28.4 Å². The lowest BCUT2D eigenvalue weighted by atomic mass is 10.1. The Morgan fingerprint density at radius 1 is 1.19 bits per heavy atom. The molecule has 1 aromatic carbocycles. The molecule has 0 saturated heterocycles. The lowest BCUT2D eigenvalue weighted by Gasteiger charge is -2.15. The van der Waals surface area contributed by atoms with E-state index in [9.17, 15) is 0 Å². The van der Waals surface area contributed by atoms with Gasteiger partial charge in [0.2, 0.25) is 0 Å². The number of nitrogens with zero attached hydrogens (tertiary/aromatic N) is 4. The van der Waals surface area contributed by atoms with Crippen LogP contribution in [0.2, 0.25) is 5.02 Å². The van der Waals surface area contributed by atoms with E-state index < -0.39 is 0 Å². The summed E-state index contributed by atoms with van der Waals surface area (Å²) in [4.78, 5) is 0. The van der Waals surface area contributed by atoms with Crippen LogP contribution in [0.1, 0.15) is 36.7 Å². The van der Waals surface area contributed by atoms with Crippen LogP contribution in [-0.4, -0.2) is 24.7 Å². The fourth-order valence-corrected chi connectivity index (χ4v) is 3.25. The van der Waals surface area contributed by atoms with Crippen molar-refractivity contribution in [2.75, 3.05) is 5.32 Å². The molecule has 0 fully saturated rings. The highest BCUT2D eigenvalue weighted by Crippen LogP contribution is 2.16. The van der Waals surface area contributed by atoms with Crippen molar-refractivity contribution in [3.63, 3.8) is 0 Å². The molecule has 1 unspecified atom stereocenters. The first-order valence-electron chi connectivity index (χ1n) is 8.84. The number of hydrogen-bond acceptors (Lipinski definition) is 3. The predicted molar refractivity (Wildman–Crippen MR) is 113 cm³/mol. The normalized spacial score (nSPS) is 12.0. The Morgan fingerprint density at radius 2 is 1.93 bits per heavy atom. The van der Waals surface area contributed by atoms with Crippen LogP contribution in [0.3, 0.4) is 0 Å². The molecule has 2 N–H and O–H groups in total. The van der Waals surface area contributed by atoms with Gasteiger partial charge in [0.25, 0.3) is 0 Å². The maximum Gasteiger partial charge on any atom is 0.172 e. The molecule has 0 aliphatic carbocycles. The van der Waals surface area contributed by atoms with Crippen molar-refractivity contribution >= 4 is 34.7 Å². The zero-order chi connectivity index (χ0) is 19.4. The standard InChI is InChI=1S/C19H23ClN6S/c1-4-25-12-17(14(3)23-25)13(2)21-19(27)22-18-9-10-26(24-18)11-15-5-7-16(20)8-6-15/h5-10,12-13H,4,11H2,1-3H3,(H2,21,22,24,27). The van der Waals surface area contributed by atoms with Crippen LogP contribution in [0, 0.1) is 6.92 Å². The molecular formula is C19H23ClN6S. The van der Waals surface area contributed by atoms with Gasteiger partial charge in [-0.3, -0.25) is 9.36 Å². The van der Waals surface area contributed by atoms with E-state index in [1.165, 1.54) is 0 Å². The van der Waals surface area contributed by atoms with Gasteiger partial charge in [-0.1, -0.05) is 23.7 Å². The Hall–Kier alpha value is -2.38. The number of nitrogens with one attached hydrogen (secondary N) is 2. The van der Waals surface area contributed by atoms with Gasteiger partial charge in [0, 0.05) is 35.6 Å². The Balaban J connectivity index is 1.57. The third kappa shape index (κ3) is 5.08. The smallest absolute Gasteiger partial charge is 0.172 e. The summed E-state index contributed by atoms with van der Waals surface area (Å²) in [5.74, 6) is 0.703. The minimum Gasteiger partial charge on any atom is -0.356 e. The lowest BCUT2D eigenvalue weighted by molar-refractivity contribution is 0.651. The molecule has 0 aliphatic heterocycles. The third-order valence-corrected chi connectivity index (χ3v) is 4.73. The minimum absolute atomic E-state index is 0.0569. The number of thiocarbonyl (C=S) groups is 1.